The Morgan fingerprint density at radius 3 is 1.97 bits per heavy atom. The van der Waals surface area contributed by atoms with Crippen molar-refractivity contribution in [3.05, 3.63) is 107 Å². The van der Waals surface area contributed by atoms with Crippen LogP contribution < -0.4 is 5.32 Å². The molecular formula is C24H20N2O4S. The van der Waals surface area contributed by atoms with Crippen molar-refractivity contribution in [2.24, 2.45) is 0 Å². The van der Waals surface area contributed by atoms with Crippen molar-refractivity contribution in [1.29, 1.82) is 0 Å². The Morgan fingerprint density at radius 1 is 0.806 bits per heavy atom. The highest BCUT2D eigenvalue weighted by molar-refractivity contribution is 7.89. The van der Waals surface area contributed by atoms with Crippen LogP contribution in [0.25, 0.3) is 5.70 Å². The number of fused-ring (bicyclic) bond motifs is 1. The molecule has 0 aliphatic carbocycles. The molecule has 0 unspecified atom stereocenters. The fraction of sp³-hybridized carbons (Fsp3) is 0.0833. The molecule has 0 bridgehead atoms. The summed E-state index contributed by atoms with van der Waals surface area (Å²) in [5.74, 6) is -0.888. The number of nitrogens with zero attached hydrogens (tertiary/aromatic N) is 1. The van der Waals surface area contributed by atoms with E-state index in [1.807, 2.05) is 0 Å². The molecule has 0 aromatic heterocycles. The molecule has 156 valence electrons. The summed E-state index contributed by atoms with van der Waals surface area (Å²) in [4.78, 5) is 26.5. The highest BCUT2D eigenvalue weighted by Crippen LogP contribution is 2.36. The summed E-state index contributed by atoms with van der Waals surface area (Å²) in [6.45, 7) is -0.486. The van der Waals surface area contributed by atoms with Gasteiger partial charge in [-0.05, 0) is 6.07 Å². The van der Waals surface area contributed by atoms with E-state index in [0.717, 1.165) is 4.31 Å². The first-order valence-electron chi connectivity index (χ1n) is 9.67. The summed E-state index contributed by atoms with van der Waals surface area (Å²) in [7, 11) is -2.51. The summed E-state index contributed by atoms with van der Waals surface area (Å²) in [5, 5.41) is 2.98. The van der Waals surface area contributed by atoms with Crippen LogP contribution in [0.1, 0.15) is 26.3 Å². The van der Waals surface area contributed by atoms with Crippen LogP contribution in [0.2, 0.25) is 0 Å². The fourth-order valence-electron chi connectivity index (χ4n) is 3.61. The molecule has 1 aliphatic rings. The summed E-state index contributed by atoms with van der Waals surface area (Å²) in [6.07, 6.45) is 0. The molecule has 1 aliphatic heterocycles. The molecule has 0 saturated carbocycles. The minimum Gasteiger partial charge on any atom is -0.386 e. The van der Waals surface area contributed by atoms with Gasteiger partial charge < -0.3 is 5.32 Å². The minimum absolute atomic E-state index is 0.0461. The molecule has 1 heterocycles. The van der Waals surface area contributed by atoms with E-state index >= 15 is 0 Å². The Balaban J connectivity index is 1.92. The van der Waals surface area contributed by atoms with Crippen LogP contribution in [0.4, 0.5) is 0 Å². The van der Waals surface area contributed by atoms with Gasteiger partial charge in [-0.2, -0.15) is 0 Å². The number of Topliss-reactive ketones (excluding diaryl/α,β-unsaturated/α-hetero) is 2. The monoisotopic (exact) mass is 432 g/mol. The van der Waals surface area contributed by atoms with Gasteiger partial charge >= 0.3 is 0 Å². The van der Waals surface area contributed by atoms with Gasteiger partial charge in [-0.1, -0.05) is 78.9 Å². The van der Waals surface area contributed by atoms with Crippen molar-refractivity contribution in [3.8, 4) is 0 Å². The van der Waals surface area contributed by atoms with E-state index in [4.69, 9.17) is 0 Å². The lowest BCUT2D eigenvalue weighted by atomic mass is 10.0. The molecule has 0 fully saturated rings. The lowest BCUT2D eigenvalue weighted by Crippen LogP contribution is -2.42. The van der Waals surface area contributed by atoms with Gasteiger partial charge in [0.25, 0.3) is 10.0 Å². The second-order valence-electron chi connectivity index (χ2n) is 6.97. The highest BCUT2D eigenvalue weighted by atomic mass is 32.2. The molecule has 1 N–H and O–H groups in total. The smallest absolute Gasteiger partial charge is 0.265 e. The van der Waals surface area contributed by atoms with Crippen LogP contribution in [-0.4, -0.2) is 37.9 Å². The van der Waals surface area contributed by atoms with Crippen LogP contribution in [0.5, 0.6) is 0 Å². The molecule has 7 heteroatoms. The van der Waals surface area contributed by atoms with Crippen molar-refractivity contribution in [2.45, 2.75) is 4.90 Å². The van der Waals surface area contributed by atoms with Gasteiger partial charge in [-0.3, -0.25) is 13.9 Å². The van der Waals surface area contributed by atoms with E-state index < -0.39 is 28.1 Å². The van der Waals surface area contributed by atoms with Crippen molar-refractivity contribution in [3.63, 3.8) is 0 Å². The average molecular weight is 433 g/mol. The number of benzene rings is 3. The molecule has 6 nitrogen and oxygen atoms in total. The minimum atomic E-state index is -4.14. The van der Waals surface area contributed by atoms with Gasteiger partial charge in [0.05, 0.1) is 17.1 Å². The third kappa shape index (κ3) is 3.64. The average Bonchev–Trinajstić information content (AvgIpc) is 2.81. The normalized spacial score (nSPS) is 14.7. The third-order valence-electron chi connectivity index (χ3n) is 5.09. The number of nitrogens with one attached hydrogen (secondary N) is 1. The number of hydrogen-bond donors (Lipinski definition) is 1. The van der Waals surface area contributed by atoms with E-state index in [0.29, 0.717) is 22.4 Å². The van der Waals surface area contributed by atoms with E-state index in [1.54, 1.807) is 85.9 Å². The van der Waals surface area contributed by atoms with Gasteiger partial charge in [0.2, 0.25) is 5.78 Å². The van der Waals surface area contributed by atoms with Crippen molar-refractivity contribution < 1.29 is 18.0 Å². The molecule has 0 atom stereocenters. The summed E-state index contributed by atoms with van der Waals surface area (Å²) >= 11 is 0. The van der Waals surface area contributed by atoms with Crippen LogP contribution >= 0.6 is 0 Å². The zero-order valence-corrected chi connectivity index (χ0v) is 17.6. The van der Waals surface area contributed by atoms with E-state index in [2.05, 4.69) is 5.32 Å². The van der Waals surface area contributed by atoms with Crippen molar-refractivity contribution in [2.75, 3.05) is 13.6 Å². The van der Waals surface area contributed by atoms with E-state index in [1.165, 1.54) is 6.07 Å². The van der Waals surface area contributed by atoms with Crippen molar-refractivity contribution in [1.82, 2.24) is 9.62 Å². The van der Waals surface area contributed by atoms with E-state index in [-0.39, 0.29) is 10.6 Å². The fourth-order valence-corrected chi connectivity index (χ4v) is 5.24. The maximum Gasteiger partial charge on any atom is 0.265 e. The second-order valence-corrected chi connectivity index (χ2v) is 8.80. The maximum absolute atomic E-state index is 13.5. The quantitative estimate of drug-likeness (QED) is 0.604. The summed E-state index contributed by atoms with van der Waals surface area (Å²) < 4.78 is 28.0. The van der Waals surface area contributed by atoms with Crippen LogP contribution in [0, 0.1) is 0 Å². The maximum atomic E-state index is 13.5. The molecule has 0 saturated heterocycles. The Morgan fingerprint density at radius 2 is 1.35 bits per heavy atom. The predicted octanol–water partition coefficient (Wildman–Crippen LogP) is 3.34. The summed E-state index contributed by atoms with van der Waals surface area (Å²) in [5.41, 5.74) is 1.38. The molecule has 0 spiro atoms. The van der Waals surface area contributed by atoms with Crippen LogP contribution in [0.15, 0.2) is 95.5 Å². The van der Waals surface area contributed by atoms with Gasteiger partial charge in [0, 0.05) is 23.7 Å². The van der Waals surface area contributed by atoms with Gasteiger partial charge in [0.15, 0.2) is 5.78 Å². The van der Waals surface area contributed by atoms with Crippen LogP contribution in [0.3, 0.4) is 0 Å². The topological polar surface area (TPSA) is 83.6 Å². The third-order valence-corrected chi connectivity index (χ3v) is 6.90. The van der Waals surface area contributed by atoms with Gasteiger partial charge in [0.1, 0.15) is 5.70 Å². The standard InChI is InChI=1S/C24H20N2O4S/c1-25-22-19-14-8-9-15-21(19)31(29,30)26(16-20(27)17-10-4-2-5-11-17)23(22)24(28)18-12-6-3-7-13-18/h2-15,25H,16H2,1H3. The Bertz CT molecular complexity index is 1280. The van der Waals surface area contributed by atoms with Crippen LogP contribution in [-0.2, 0) is 10.0 Å². The molecule has 31 heavy (non-hydrogen) atoms. The number of sulfonamides is 1. The number of allylic oxidation sites excluding steroid dienone is 1. The van der Waals surface area contributed by atoms with E-state index in [9.17, 15) is 18.0 Å². The second kappa shape index (κ2) is 8.20. The first-order chi connectivity index (χ1) is 14.9. The van der Waals surface area contributed by atoms with Gasteiger partial charge in [-0.25, -0.2) is 8.42 Å². The lowest BCUT2D eigenvalue weighted by Gasteiger charge is -2.33. The molecule has 0 radical (unpaired) electrons. The molecule has 3 aromatic carbocycles. The Hall–Kier alpha value is -3.71. The Labute approximate surface area is 180 Å². The van der Waals surface area contributed by atoms with Crippen molar-refractivity contribution >= 4 is 27.3 Å². The summed E-state index contributed by atoms with van der Waals surface area (Å²) in [6, 6.07) is 23.3. The lowest BCUT2D eigenvalue weighted by molar-refractivity contribution is 0.0958. The predicted molar refractivity (Wildman–Crippen MR) is 118 cm³/mol. The first-order valence-corrected chi connectivity index (χ1v) is 11.1. The molecule has 4 rings (SSSR count). The SMILES string of the molecule is CNC1=C(C(=O)c2ccccc2)N(CC(=O)c2ccccc2)S(=O)(=O)c2ccccc21. The molecular weight excluding hydrogens is 412 g/mol. The molecule has 0 amide bonds. The zero-order chi connectivity index (χ0) is 22.0. The number of carbonyl (C=O) groups excluding carboxylic acids is 2. The Kier molecular flexibility index (Phi) is 5.44. The first kappa shape index (κ1) is 20.6. The highest BCUT2D eigenvalue weighted by Gasteiger charge is 2.40. The number of carbonyl (C=O) groups is 2. The zero-order valence-electron chi connectivity index (χ0n) is 16.8. The number of ketones is 2. The molecule has 3 aromatic rings. The number of rotatable bonds is 6. The number of hydrogen-bond acceptors (Lipinski definition) is 5. The largest absolute Gasteiger partial charge is 0.386 e. The van der Waals surface area contributed by atoms with Gasteiger partial charge in [-0.15, -0.1) is 0 Å².